The molecule has 0 bridgehead atoms. The normalized spacial score (nSPS) is 22.9. The van der Waals surface area contributed by atoms with Crippen molar-refractivity contribution in [2.24, 2.45) is 5.92 Å². The van der Waals surface area contributed by atoms with Gasteiger partial charge < -0.3 is 19.3 Å². The van der Waals surface area contributed by atoms with E-state index < -0.39 is 6.04 Å². The van der Waals surface area contributed by atoms with Crippen LogP contribution in [0.4, 0.5) is 0 Å². The standard InChI is InChI=1S/C28H35ClN2O4/c1-4-15-35-24-14-11-20(16-25(24)34-3)27-28(33)30(22-12-9-19(2)10-13-22)18-26(32)31(27)17-21-7-5-6-8-23(21)29/h5-8,11,14,16,19,22,27H,4,9-10,12-13,15,17-18H2,1-3H3/t19?,22?,27-/m0/s1. The number of benzene rings is 2. The first-order chi connectivity index (χ1) is 16.9. The van der Waals surface area contributed by atoms with Gasteiger partial charge in [-0.05, 0) is 67.3 Å². The van der Waals surface area contributed by atoms with Crippen LogP contribution in [0, 0.1) is 5.92 Å². The zero-order valence-electron chi connectivity index (χ0n) is 20.8. The van der Waals surface area contributed by atoms with E-state index in [2.05, 4.69) is 6.92 Å². The zero-order valence-corrected chi connectivity index (χ0v) is 21.6. The highest BCUT2D eigenvalue weighted by Crippen LogP contribution is 2.38. The van der Waals surface area contributed by atoms with Crippen molar-refractivity contribution in [3.63, 3.8) is 0 Å². The second kappa shape index (κ2) is 11.3. The van der Waals surface area contributed by atoms with E-state index in [1.54, 1.807) is 18.1 Å². The maximum Gasteiger partial charge on any atom is 0.250 e. The third kappa shape index (κ3) is 5.58. The summed E-state index contributed by atoms with van der Waals surface area (Å²) in [5.41, 5.74) is 1.53. The molecule has 0 N–H and O–H groups in total. The second-order valence-corrected chi connectivity index (χ2v) is 10.1. The highest BCUT2D eigenvalue weighted by atomic mass is 35.5. The van der Waals surface area contributed by atoms with E-state index in [9.17, 15) is 9.59 Å². The molecule has 35 heavy (non-hydrogen) atoms. The van der Waals surface area contributed by atoms with Crippen LogP contribution in [0.1, 0.15) is 63.1 Å². The minimum atomic E-state index is -0.749. The van der Waals surface area contributed by atoms with Gasteiger partial charge in [0.05, 0.1) is 13.7 Å². The molecule has 1 saturated heterocycles. The fourth-order valence-corrected chi connectivity index (χ4v) is 5.31. The highest BCUT2D eigenvalue weighted by molar-refractivity contribution is 6.31. The zero-order chi connectivity index (χ0) is 24.9. The smallest absolute Gasteiger partial charge is 0.250 e. The number of methoxy groups -OCH3 is 1. The minimum absolute atomic E-state index is 0.0412. The van der Waals surface area contributed by atoms with E-state index in [-0.39, 0.29) is 30.9 Å². The van der Waals surface area contributed by atoms with Gasteiger partial charge in [0.1, 0.15) is 12.6 Å². The second-order valence-electron chi connectivity index (χ2n) is 9.65. The van der Waals surface area contributed by atoms with Crippen molar-refractivity contribution < 1.29 is 19.1 Å². The Morgan fingerprint density at radius 2 is 1.77 bits per heavy atom. The number of carbonyl (C=O) groups excluding carboxylic acids is 2. The molecule has 2 aromatic carbocycles. The van der Waals surface area contributed by atoms with Gasteiger partial charge in [-0.3, -0.25) is 9.59 Å². The van der Waals surface area contributed by atoms with Crippen LogP contribution in [-0.2, 0) is 16.1 Å². The number of hydrogen-bond donors (Lipinski definition) is 0. The lowest BCUT2D eigenvalue weighted by atomic mass is 9.85. The van der Waals surface area contributed by atoms with E-state index in [0.29, 0.717) is 34.6 Å². The Morgan fingerprint density at radius 3 is 2.46 bits per heavy atom. The summed E-state index contributed by atoms with van der Waals surface area (Å²) in [6.07, 6.45) is 4.90. The number of carbonyl (C=O) groups is 2. The molecular formula is C28H35ClN2O4. The van der Waals surface area contributed by atoms with Gasteiger partial charge in [-0.2, -0.15) is 0 Å². The monoisotopic (exact) mass is 498 g/mol. The first-order valence-electron chi connectivity index (χ1n) is 12.6. The van der Waals surface area contributed by atoms with Crippen LogP contribution in [0.15, 0.2) is 42.5 Å². The summed E-state index contributed by atoms with van der Waals surface area (Å²) in [5, 5.41) is 0.580. The van der Waals surface area contributed by atoms with E-state index in [4.69, 9.17) is 21.1 Å². The Labute approximate surface area is 213 Å². The molecule has 0 radical (unpaired) electrons. The highest BCUT2D eigenvalue weighted by Gasteiger charge is 2.43. The van der Waals surface area contributed by atoms with Crippen LogP contribution in [0.2, 0.25) is 5.02 Å². The number of hydrogen-bond acceptors (Lipinski definition) is 4. The van der Waals surface area contributed by atoms with Crippen LogP contribution in [0.5, 0.6) is 11.5 Å². The SMILES string of the molecule is CCCOc1ccc([C@H]2C(=O)N(C3CCC(C)CC3)CC(=O)N2Cc2ccccc2Cl)cc1OC. The van der Waals surface area contributed by atoms with Gasteiger partial charge >= 0.3 is 0 Å². The molecule has 188 valence electrons. The fraction of sp³-hybridized carbons (Fsp3) is 0.500. The molecule has 0 aromatic heterocycles. The molecule has 0 unspecified atom stereocenters. The van der Waals surface area contributed by atoms with Crippen molar-refractivity contribution in [3.8, 4) is 11.5 Å². The third-order valence-electron chi connectivity index (χ3n) is 7.14. The molecule has 4 rings (SSSR count). The maximum atomic E-state index is 14.0. The predicted molar refractivity (Wildman–Crippen MR) is 137 cm³/mol. The van der Waals surface area contributed by atoms with Gasteiger partial charge in [-0.25, -0.2) is 0 Å². The van der Waals surface area contributed by atoms with Crippen molar-refractivity contribution in [3.05, 3.63) is 58.6 Å². The summed E-state index contributed by atoms with van der Waals surface area (Å²) >= 11 is 6.43. The van der Waals surface area contributed by atoms with Crippen LogP contribution in [0.3, 0.4) is 0 Å². The largest absolute Gasteiger partial charge is 0.493 e. The molecule has 2 aromatic rings. The van der Waals surface area contributed by atoms with Crippen LogP contribution in [0.25, 0.3) is 0 Å². The Morgan fingerprint density at radius 1 is 1.03 bits per heavy atom. The van der Waals surface area contributed by atoms with Crippen molar-refractivity contribution in [1.29, 1.82) is 0 Å². The molecule has 2 amide bonds. The Balaban J connectivity index is 1.70. The van der Waals surface area contributed by atoms with Crippen molar-refractivity contribution >= 4 is 23.4 Å². The molecular weight excluding hydrogens is 464 g/mol. The molecule has 1 aliphatic heterocycles. The summed E-state index contributed by atoms with van der Waals surface area (Å²) in [6.45, 7) is 5.24. The summed E-state index contributed by atoms with van der Waals surface area (Å²) in [5.74, 6) is 1.73. The number of amides is 2. The summed E-state index contributed by atoms with van der Waals surface area (Å²) in [6, 6.07) is 12.3. The molecule has 1 atom stereocenters. The van der Waals surface area contributed by atoms with Crippen molar-refractivity contribution in [1.82, 2.24) is 9.80 Å². The quantitative estimate of drug-likeness (QED) is 0.473. The summed E-state index contributed by atoms with van der Waals surface area (Å²) < 4.78 is 11.4. The molecule has 6 nitrogen and oxygen atoms in total. The van der Waals surface area contributed by atoms with E-state index in [1.165, 1.54) is 0 Å². The average molecular weight is 499 g/mol. The first kappa shape index (κ1) is 25.4. The van der Waals surface area contributed by atoms with Crippen LogP contribution >= 0.6 is 11.6 Å². The molecule has 2 aliphatic rings. The van der Waals surface area contributed by atoms with E-state index >= 15 is 0 Å². The third-order valence-corrected chi connectivity index (χ3v) is 7.51. The maximum absolute atomic E-state index is 14.0. The number of piperazine rings is 1. The summed E-state index contributed by atoms with van der Waals surface area (Å²) in [7, 11) is 1.59. The Hall–Kier alpha value is -2.73. The molecule has 1 aliphatic carbocycles. The van der Waals surface area contributed by atoms with Gasteiger partial charge in [-0.1, -0.05) is 49.7 Å². The van der Waals surface area contributed by atoms with Gasteiger partial charge in [0.2, 0.25) is 5.91 Å². The number of nitrogens with zero attached hydrogens (tertiary/aromatic N) is 2. The Bertz CT molecular complexity index is 1050. The topological polar surface area (TPSA) is 59.1 Å². The van der Waals surface area contributed by atoms with E-state index in [1.807, 2.05) is 48.2 Å². The predicted octanol–water partition coefficient (Wildman–Crippen LogP) is 5.63. The molecule has 1 saturated carbocycles. The summed E-state index contributed by atoms with van der Waals surface area (Å²) in [4.78, 5) is 31.0. The number of halogens is 1. The van der Waals surface area contributed by atoms with Crippen LogP contribution in [-0.4, -0.2) is 47.9 Å². The first-order valence-corrected chi connectivity index (χ1v) is 12.9. The van der Waals surface area contributed by atoms with Crippen LogP contribution < -0.4 is 9.47 Å². The van der Waals surface area contributed by atoms with Gasteiger partial charge in [0, 0.05) is 17.6 Å². The molecule has 0 spiro atoms. The van der Waals surface area contributed by atoms with Crippen molar-refractivity contribution in [2.75, 3.05) is 20.3 Å². The number of rotatable bonds is 8. The van der Waals surface area contributed by atoms with Gasteiger partial charge in [0.15, 0.2) is 11.5 Å². The van der Waals surface area contributed by atoms with Gasteiger partial charge in [-0.15, -0.1) is 0 Å². The Kier molecular flexibility index (Phi) is 8.22. The lowest BCUT2D eigenvalue weighted by Crippen LogP contribution is -2.58. The molecule has 2 fully saturated rings. The fourth-order valence-electron chi connectivity index (χ4n) is 5.11. The van der Waals surface area contributed by atoms with Crippen molar-refractivity contribution in [2.45, 2.75) is 64.6 Å². The lowest BCUT2D eigenvalue weighted by molar-refractivity contribution is -0.160. The molecule has 7 heteroatoms. The van der Waals surface area contributed by atoms with Gasteiger partial charge in [0.25, 0.3) is 5.91 Å². The minimum Gasteiger partial charge on any atom is -0.493 e. The average Bonchev–Trinajstić information content (AvgIpc) is 2.86. The lowest BCUT2D eigenvalue weighted by Gasteiger charge is -2.45. The van der Waals surface area contributed by atoms with E-state index in [0.717, 1.165) is 37.7 Å². The number of ether oxygens (including phenoxy) is 2. The molecule has 1 heterocycles.